The average molecular weight is 377 g/mol. The number of hydrogen-bond donors (Lipinski definition) is 0. The van der Waals surface area contributed by atoms with Crippen LogP contribution in [-0.2, 0) is 11.3 Å². The summed E-state index contributed by atoms with van der Waals surface area (Å²) in [6.07, 6.45) is 4.43. The predicted octanol–water partition coefficient (Wildman–Crippen LogP) is 2.47. The van der Waals surface area contributed by atoms with Crippen LogP contribution in [-0.4, -0.2) is 55.5 Å². The Morgan fingerprint density at radius 1 is 1.36 bits per heavy atom. The molecular formula is C17H20N4O2S2. The van der Waals surface area contributed by atoms with Crippen LogP contribution < -0.4 is 0 Å². The zero-order valence-electron chi connectivity index (χ0n) is 14.3. The molecule has 4 rings (SSSR count). The number of nitrogens with zero attached hydrogens (tertiary/aromatic N) is 4. The molecule has 2 aromatic heterocycles. The number of aryl methyl sites for hydroxylation is 2. The zero-order valence-corrected chi connectivity index (χ0v) is 15.9. The van der Waals surface area contributed by atoms with Gasteiger partial charge in [0.25, 0.3) is 5.91 Å². The largest absolute Gasteiger partial charge is 0.371 e. The molecule has 0 unspecified atom stereocenters. The number of likely N-dealkylation sites (tertiary alicyclic amines) is 1. The third kappa shape index (κ3) is 3.56. The fraction of sp³-hybridized carbons (Fsp3) is 0.529. The van der Waals surface area contributed by atoms with Gasteiger partial charge in [-0.1, -0.05) is 0 Å². The van der Waals surface area contributed by atoms with E-state index in [1.807, 2.05) is 30.5 Å². The van der Waals surface area contributed by atoms with Crippen molar-refractivity contribution < 1.29 is 9.53 Å². The first kappa shape index (κ1) is 16.9. The Hall–Kier alpha value is -1.51. The van der Waals surface area contributed by atoms with Gasteiger partial charge in [0.1, 0.15) is 5.69 Å². The summed E-state index contributed by atoms with van der Waals surface area (Å²) >= 11 is 3.58. The molecule has 1 spiro atoms. The first-order valence-electron chi connectivity index (χ1n) is 8.27. The number of thioether (sulfide) groups is 1. The lowest BCUT2D eigenvalue weighted by Gasteiger charge is -2.47. The standard InChI is InChI=1S/C17H20N4O2S2/c1-11-4-19-15(5-18-11)16(22)21-9-17(10-21)3-14(8-25-17)23-6-13-7-24-12(2)20-13/h4-5,7,14H,3,6,8-10H2,1-2H3/t14-/m0/s1. The van der Waals surface area contributed by atoms with Crippen LogP contribution in [0.5, 0.6) is 0 Å². The summed E-state index contributed by atoms with van der Waals surface area (Å²) in [6.45, 7) is 5.98. The van der Waals surface area contributed by atoms with E-state index in [0.717, 1.165) is 41.7 Å². The number of hydrogen-bond acceptors (Lipinski definition) is 7. The lowest BCUT2D eigenvalue weighted by atomic mass is 9.92. The number of carbonyl (C=O) groups excluding carboxylic acids is 1. The van der Waals surface area contributed by atoms with Gasteiger partial charge in [-0.15, -0.1) is 23.1 Å². The van der Waals surface area contributed by atoms with E-state index in [9.17, 15) is 4.79 Å². The Morgan fingerprint density at radius 2 is 2.20 bits per heavy atom. The highest BCUT2D eigenvalue weighted by atomic mass is 32.2. The van der Waals surface area contributed by atoms with Crippen molar-refractivity contribution in [1.29, 1.82) is 0 Å². The number of ether oxygens (including phenoxy) is 1. The van der Waals surface area contributed by atoms with Crippen LogP contribution in [0.15, 0.2) is 17.8 Å². The number of amides is 1. The maximum atomic E-state index is 12.4. The van der Waals surface area contributed by atoms with E-state index in [0.29, 0.717) is 12.3 Å². The molecule has 4 heterocycles. The van der Waals surface area contributed by atoms with Crippen molar-refractivity contribution in [1.82, 2.24) is 19.9 Å². The highest BCUT2D eigenvalue weighted by Crippen LogP contribution is 2.46. The third-order valence-corrected chi connectivity index (χ3v) is 6.95. The maximum absolute atomic E-state index is 12.4. The first-order chi connectivity index (χ1) is 12.0. The van der Waals surface area contributed by atoms with Crippen LogP contribution in [0, 0.1) is 13.8 Å². The van der Waals surface area contributed by atoms with E-state index >= 15 is 0 Å². The lowest BCUT2D eigenvalue weighted by molar-refractivity contribution is 0.0244. The molecular weight excluding hydrogens is 356 g/mol. The molecule has 6 nitrogen and oxygen atoms in total. The van der Waals surface area contributed by atoms with Gasteiger partial charge in [-0.05, 0) is 20.3 Å². The van der Waals surface area contributed by atoms with Crippen molar-refractivity contribution in [3.63, 3.8) is 0 Å². The van der Waals surface area contributed by atoms with E-state index < -0.39 is 0 Å². The lowest BCUT2D eigenvalue weighted by Crippen LogP contribution is -2.60. The summed E-state index contributed by atoms with van der Waals surface area (Å²) < 4.78 is 6.17. The summed E-state index contributed by atoms with van der Waals surface area (Å²) in [5, 5.41) is 3.13. The Bertz CT molecular complexity index is 771. The van der Waals surface area contributed by atoms with E-state index in [1.54, 1.807) is 23.7 Å². The number of aromatic nitrogens is 3. The van der Waals surface area contributed by atoms with Crippen molar-refractivity contribution in [3.05, 3.63) is 39.9 Å². The summed E-state index contributed by atoms with van der Waals surface area (Å²) in [5.74, 6) is 0.955. The maximum Gasteiger partial charge on any atom is 0.274 e. The molecule has 8 heteroatoms. The first-order valence-corrected chi connectivity index (χ1v) is 10.1. The van der Waals surface area contributed by atoms with Crippen LogP contribution in [0.25, 0.3) is 0 Å². The molecule has 1 amide bonds. The second-order valence-corrected chi connectivity index (χ2v) is 9.24. The normalized spacial score (nSPS) is 21.5. The van der Waals surface area contributed by atoms with Gasteiger partial charge in [0.2, 0.25) is 0 Å². The molecule has 0 N–H and O–H groups in total. The predicted molar refractivity (Wildman–Crippen MR) is 97.9 cm³/mol. The smallest absolute Gasteiger partial charge is 0.274 e. The number of rotatable bonds is 4. The molecule has 0 bridgehead atoms. The van der Waals surface area contributed by atoms with E-state index in [1.165, 1.54) is 0 Å². The minimum absolute atomic E-state index is 0.0268. The van der Waals surface area contributed by atoms with Crippen LogP contribution in [0.1, 0.15) is 33.3 Å². The molecule has 2 aliphatic rings. The highest BCUT2D eigenvalue weighted by molar-refractivity contribution is 8.01. The Morgan fingerprint density at radius 3 is 2.88 bits per heavy atom. The fourth-order valence-electron chi connectivity index (χ4n) is 3.27. The van der Waals surface area contributed by atoms with Gasteiger partial charge in [0.05, 0.1) is 40.1 Å². The fourth-order valence-corrected chi connectivity index (χ4v) is 5.41. The quantitative estimate of drug-likeness (QED) is 0.817. The van der Waals surface area contributed by atoms with Crippen molar-refractivity contribution >= 4 is 29.0 Å². The van der Waals surface area contributed by atoms with Crippen molar-refractivity contribution in [2.24, 2.45) is 0 Å². The molecule has 0 radical (unpaired) electrons. The molecule has 25 heavy (non-hydrogen) atoms. The molecule has 2 saturated heterocycles. The van der Waals surface area contributed by atoms with E-state index in [4.69, 9.17) is 4.74 Å². The molecule has 0 aromatic carbocycles. The summed E-state index contributed by atoms with van der Waals surface area (Å²) in [5.41, 5.74) is 2.25. The molecule has 132 valence electrons. The topological polar surface area (TPSA) is 68.2 Å². The van der Waals surface area contributed by atoms with Crippen molar-refractivity contribution in [3.8, 4) is 0 Å². The second kappa shape index (κ2) is 6.66. The van der Waals surface area contributed by atoms with E-state index in [-0.39, 0.29) is 16.8 Å². The average Bonchev–Trinajstić information content (AvgIpc) is 3.18. The zero-order chi connectivity index (χ0) is 17.4. The van der Waals surface area contributed by atoms with Crippen LogP contribution in [0.3, 0.4) is 0 Å². The minimum atomic E-state index is -0.0268. The molecule has 0 saturated carbocycles. The van der Waals surface area contributed by atoms with Gasteiger partial charge >= 0.3 is 0 Å². The summed E-state index contributed by atoms with van der Waals surface area (Å²) in [6, 6.07) is 0. The van der Waals surface area contributed by atoms with E-state index in [2.05, 4.69) is 20.3 Å². The van der Waals surface area contributed by atoms with Gasteiger partial charge in [-0.3, -0.25) is 9.78 Å². The summed E-state index contributed by atoms with van der Waals surface area (Å²) in [7, 11) is 0. The SMILES string of the molecule is Cc1cnc(C(=O)N2CC3(C[C@H](OCc4csc(C)n4)CS3)C2)cn1. The van der Waals surface area contributed by atoms with Gasteiger partial charge in [-0.2, -0.15) is 0 Å². The Balaban J connectivity index is 1.28. The molecule has 0 aliphatic carbocycles. The third-order valence-electron chi connectivity index (χ3n) is 4.55. The van der Waals surface area contributed by atoms with Gasteiger partial charge in [-0.25, -0.2) is 9.97 Å². The summed E-state index contributed by atoms with van der Waals surface area (Å²) in [4.78, 5) is 27.1. The van der Waals surface area contributed by atoms with Crippen molar-refractivity contribution in [2.45, 2.75) is 37.7 Å². The molecule has 1 atom stereocenters. The second-order valence-electron chi connectivity index (χ2n) is 6.69. The van der Waals surface area contributed by atoms with Crippen LogP contribution in [0.2, 0.25) is 0 Å². The minimum Gasteiger partial charge on any atom is -0.371 e. The van der Waals surface area contributed by atoms with Gasteiger partial charge in [0, 0.05) is 30.4 Å². The van der Waals surface area contributed by atoms with Crippen LogP contribution >= 0.6 is 23.1 Å². The highest BCUT2D eigenvalue weighted by Gasteiger charge is 2.51. The molecule has 2 fully saturated rings. The Labute approximate surface area is 155 Å². The number of carbonyl (C=O) groups is 1. The van der Waals surface area contributed by atoms with Crippen molar-refractivity contribution in [2.75, 3.05) is 18.8 Å². The van der Waals surface area contributed by atoms with Gasteiger partial charge in [0.15, 0.2) is 0 Å². The van der Waals surface area contributed by atoms with Crippen LogP contribution in [0.4, 0.5) is 0 Å². The Kier molecular flexibility index (Phi) is 4.51. The monoisotopic (exact) mass is 376 g/mol. The molecule has 2 aromatic rings. The molecule has 2 aliphatic heterocycles. The number of thiazole rings is 1. The van der Waals surface area contributed by atoms with Gasteiger partial charge < -0.3 is 9.64 Å².